The highest BCUT2D eigenvalue weighted by atomic mass is 16.5. The third-order valence-electron chi connectivity index (χ3n) is 5.77. The molecular formula is C27H27N5O2. The second kappa shape index (κ2) is 9.49. The summed E-state index contributed by atoms with van der Waals surface area (Å²) in [5.74, 6) is 4.12. The Labute approximate surface area is 198 Å². The summed E-state index contributed by atoms with van der Waals surface area (Å²) in [5, 5.41) is 5.51. The molecule has 1 N–H and O–H groups in total. The molecule has 0 atom stereocenters. The molecule has 0 saturated heterocycles. The van der Waals surface area contributed by atoms with Gasteiger partial charge in [0.2, 0.25) is 0 Å². The number of aromatic nitrogens is 3. The maximum atomic E-state index is 5.70. The lowest BCUT2D eigenvalue weighted by atomic mass is 10.1. The number of benzene rings is 2. The van der Waals surface area contributed by atoms with Crippen LogP contribution in [0.2, 0.25) is 0 Å². The second-order valence-corrected chi connectivity index (χ2v) is 8.37. The van der Waals surface area contributed by atoms with Gasteiger partial charge in [-0.3, -0.25) is 9.88 Å². The third kappa shape index (κ3) is 4.56. The molecule has 0 aliphatic heterocycles. The van der Waals surface area contributed by atoms with Crippen LogP contribution in [0.1, 0.15) is 22.9 Å². The Morgan fingerprint density at radius 3 is 2.62 bits per heavy atom. The van der Waals surface area contributed by atoms with Crippen molar-refractivity contribution in [1.82, 2.24) is 19.9 Å². The number of hydrogen-bond acceptors (Lipinski definition) is 7. The van der Waals surface area contributed by atoms with E-state index in [0.717, 1.165) is 57.3 Å². The van der Waals surface area contributed by atoms with Crippen LogP contribution in [0.5, 0.6) is 5.75 Å². The Hall–Kier alpha value is -3.97. The third-order valence-corrected chi connectivity index (χ3v) is 5.77. The van der Waals surface area contributed by atoms with E-state index in [1.807, 2.05) is 55.5 Å². The summed E-state index contributed by atoms with van der Waals surface area (Å²) in [6, 6.07) is 20.1. The molecule has 0 aliphatic carbocycles. The van der Waals surface area contributed by atoms with Gasteiger partial charge in [-0.05, 0) is 55.9 Å². The predicted molar refractivity (Wildman–Crippen MR) is 134 cm³/mol. The van der Waals surface area contributed by atoms with Crippen molar-refractivity contribution in [1.29, 1.82) is 0 Å². The molecule has 5 rings (SSSR count). The van der Waals surface area contributed by atoms with E-state index in [9.17, 15) is 0 Å². The number of methoxy groups -OCH3 is 1. The zero-order chi connectivity index (χ0) is 23.5. The SMILES string of the molecule is COc1ccc(CN(C)Cc2nc(NCc3ccc(C)o3)c3ccccc3n2)c2cccnc12. The number of anilines is 1. The minimum atomic E-state index is 0.564. The molecule has 7 heteroatoms. The van der Waals surface area contributed by atoms with E-state index in [0.29, 0.717) is 13.1 Å². The van der Waals surface area contributed by atoms with Gasteiger partial charge in [-0.25, -0.2) is 9.97 Å². The summed E-state index contributed by atoms with van der Waals surface area (Å²) in [4.78, 5) is 16.4. The van der Waals surface area contributed by atoms with Crippen LogP contribution in [0, 0.1) is 6.92 Å². The highest BCUT2D eigenvalue weighted by Gasteiger charge is 2.13. The van der Waals surface area contributed by atoms with Crippen molar-refractivity contribution >= 4 is 27.6 Å². The summed E-state index contributed by atoms with van der Waals surface area (Å²) in [6.07, 6.45) is 1.79. The second-order valence-electron chi connectivity index (χ2n) is 8.37. The van der Waals surface area contributed by atoms with Crippen molar-refractivity contribution in [2.24, 2.45) is 0 Å². The summed E-state index contributed by atoms with van der Waals surface area (Å²) in [5.41, 5.74) is 2.97. The molecule has 34 heavy (non-hydrogen) atoms. The lowest BCUT2D eigenvalue weighted by molar-refractivity contribution is 0.312. The van der Waals surface area contributed by atoms with Crippen molar-refractivity contribution in [3.05, 3.63) is 89.8 Å². The average molecular weight is 454 g/mol. The number of ether oxygens (including phenoxy) is 1. The Morgan fingerprint density at radius 1 is 0.941 bits per heavy atom. The van der Waals surface area contributed by atoms with Crippen LogP contribution in [0.3, 0.4) is 0 Å². The molecule has 7 nitrogen and oxygen atoms in total. The fraction of sp³-hybridized carbons (Fsp3) is 0.222. The fourth-order valence-corrected chi connectivity index (χ4v) is 4.18. The lowest BCUT2D eigenvalue weighted by Gasteiger charge is -2.18. The van der Waals surface area contributed by atoms with Gasteiger partial charge in [0, 0.05) is 23.5 Å². The van der Waals surface area contributed by atoms with E-state index in [4.69, 9.17) is 19.1 Å². The maximum Gasteiger partial charge on any atom is 0.145 e. The van der Waals surface area contributed by atoms with Gasteiger partial charge in [-0.15, -0.1) is 0 Å². The van der Waals surface area contributed by atoms with Crippen molar-refractivity contribution < 1.29 is 9.15 Å². The highest BCUT2D eigenvalue weighted by Crippen LogP contribution is 2.27. The molecule has 0 radical (unpaired) electrons. The number of nitrogens with one attached hydrogen (secondary N) is 1. The number of hydrogen-bond donors (Lipinski definition) is 1. The van der Waals surface area contributed by atoms with Gasteiger partial charge < -0.3 is 14.5 Å². The molecule has 0 aliphatic rings. The van der Waals surface area contributed by atoms with Gasteiger partial charge in [0.1, 0.15) is 34.4 Å². The number of para-hydroxylation sites is 1. The summed E-state index contributed by atoms with van der Waals surface area (Å²) in [7, 11) is 3.74. The molecule has 3 aromatic heterocycles. The molecule has 172 valence electrons. The first-order valence-corrected chi connectivity index (χ1v) is 11.2. The number of nitrogens with zero attached hydrogens (tertiary/aromatic N) is 4. The number of rotatable bonds is 8. The number of fused-ring (bicyclic) bond motifs is 2. The van der Waals surface area contributed by atoms with E-state index in [1.54, 1.807) is 13.3 Å². The molecule has 5 aromatic rings. The molecule has 0 saturated carbocycles. The minimum absolute atomic E-state index is 0.564. The molecule has 2 aromatic carbocycles. The van der Waals surface area contributed by atoms with Crippen LogP contribution in [0.4, 0.5) is 5.82 Å². The zero-order valence-electron chi connectivity index (χ0n) is 19.6. The molecule has 0 amide bonds. The van der Waals surface area contributed by atoms with Crippen LogP contribution >= 0.6 is 0 Å². The maximum absolute atomic E-state index is 5.70. The largest absolute Gasteiger partial charge is 0.494 e. The van der Waals surface area contributed by atoms with E-state index in [2.05, 4.69) is 34.4 Å². The van der Waals surface area contributed by atoms with Crippen LogP contribution in [-0.4, -0.2) is 34.0 Å². The zero-order valence-corrected chi connectivity index (χ0v) is 19.6. The molecule has 0 unspecified atom stereocenters. The predicted octanol–water partition coefficient (Wildman–Crippen LogP) is 5.33. The monoisotopic (exact) mass is 453 g/mol. The Kier molecular flexibility index (Phi) is 6.10. The normalized spacial score (nSPS) is 11.4. The quantitative estimate of drug-likeness (QED) is 0.340. The fourth-order valence-electron chi connectivity index (χ4n) is 4.18. The molecule has 0 spiro atoms. The Morgan fingerprint density at radius 2 is 1.79 bits per heavy atom. The molecule has 0 fully saturated rings. The van der Waals surface area contributed by atoms with Crippen LogP contribution in [0.15, 0.2) is 71.3 Å². The number of pyridine rings is 1. The highest BCUT2D eigenvalue weighted by molar-refractivity contribution is 5.89. The smallest absolute Gasteiger partial charge is 0.145 e. The first-order valence-electron chi connectivity index (χ1n) is 11.2. The van der Waals surface area contributed by atoms with Gasteiger partial charge in [0.05, 0.1) is 25.7 Å². The number of furan rings is 1. The summed E-state index contributed by atoms with van der Waals surface area (Å²) >= 11 is 0. The molecular weight excluding hydrogens is 426 g/mol. The summed E-state index contributed by atoms with van der Waals surface area (Å²) < 4.78 is 11.2. The van der Waals surface area contributed by atoms with Crippen molar-refractivity contribution in [2.45, 2.75) is 26.6 Å². The van der Waals surface area contributed by atoms with Gasteiger partial charge in [-0.2, -0.15) is 0 Å². The van der Waals surface area contributed by atoms with Crippen molar-refractivity contribution in [3.8, 4) is 5.75 Å². The topological polar surface area (TPSA) is 76.3 Å². The van der Waals surface area contributed by atoms with Crippen LogP contribution in [-0.2, 0) is 19.6 Å². The Balaban J connectivity index is 1.39. The van der Waals surface area contributed by atoms with Gasteiger partial charge in [-0.1, -0.05) is 24.3 Å². The van der Waals surface area contributed by atoms with Gasteiger partial charge in [0.25, 0.3) is 0 Å². The van der Waals surface area contributed by atoms with E-state index in [1.165, 1.54) is 5.56 Å². The first kappa shape index (κ1) is 21.9. The van der Waals surface area contributed by atoms with E-state index < -0.39 is 0 Å². The van der Waals surface area contributed by atoms with E-state index >= 15 is 0 Å². The molecule has 0 bridgehead atoms. The van der Waals surface area contributed by atoms with Gasteiger partial charge >= 0.3 is 0 Å². The average Bonchev–Trinajstić information content (AvgIpc) is 3.27. The van der Waals surface area contributed by atoms with E-state index in [-0.39, 0.29) is 0 Å². The van der Waals surface area contributed by atoms with Crippen LogP contribution in [0.25, 0.3) is 21.8 Å². The molecule has 3 heterocycles. The lowest BCUT2D eigenvalue weighted by Crippen LogP contribution is -2.19. The van der Waals surface area contributed by atoms with Gasteiger partial charge in [0.15, 0.2) is 0 Å². The Bertz CT molecular complexity index is 1450. The van der Waals surface area contributed by atoms with Crippen molar-refractivity contribution in [2.75, 3.05) is 19.5 Å². The van der Waals surface area contributed by atoms with Crippen LogP contribution < -0.4 is 10.1 Å². The first-order chi connectivity index (χ1) is 16.6. The number of aryl methyl sites for hydroxylation is 1. The minimum Gasteiger partial charge on any atom is -0.494 e. The van der Waals surface area contributed by atoms with Crippen molar-refractivity contribution in [3.63, 3.8) is 0 Å². The summed E-state index contributed by atoms with van der Waals surface area (Å²) in [6.45, 7) is 3.85. The standard InChI is InChI=1S/C27H27N5O2/c1-18-10-12-20(34-18)15-29-27-22-7-4-5-9-23(22)30-25(31-27)17-32(2)16-19-11-13-24(33-3)26-21(19)8-6-14-28-26/h4-14H,15-17H2,1-3H3,(H,29,30,31).